The lowest BCUT2D eigenvalue weighted by atomic mass is 9.71. The van der Waals surface area contributed by atoms with Crippen molar-refractivity contribution in [3.63, 3.8) is 0 Å². The number of amides is 2. The lowest BCUT2D eigenvalue weighted by molar-refractivity contribution is -0.476. The van der Waals surface area contributed by atoms with Crippen molar-refractivity contribution in [3.05, 3.63) is 0 Å². The summed E-state index contributed by atoms with van der Waals surface area (Å²) in [5.41, 5.74) is -14.8. The first-order valence-corrected chi connectivity index (χ1v) is 10.2. The molecular weight excluding hydrogens is 682 g/mol. The van der Waals surface area contributed by atoms with Crippen molar-refractivity contribution in [2.45, 2.75) is 83.5 Å². The highest BCUT2D eigenvalue weighted by atomic mass is 19.4. The van der Waals surface area contributed by atoms with E-state index in [9.17, 15) is 106 Å². The molecule has 0 unspecified atom stereocenters. The fourth-order valence-corrected chi connectivity index (χ4v) is 3.75. The molecule has 252 valence electrons. The largest absolute Gasteiger partial charge is 0.384 e. The lowest BCUT2D eigenvalue weighted by Gasteiger charge is -2.51. The molecule has 43 heavy (non-hydrogen) atoms. The van der Waals surface area contributed by atoms with Crippen LogP contribution in [0.1, 0.15) is 6.92 Å². The Kier molecular flexibility index (Phi) is 7.46. The van der Waals surface area contributed by atoms with Crippen LogP contribution in [-0.4, -0.2) is 95.0 Å². The van der Waals surface area contributed by atoms with Gasteiger partial charge in [-0.2, -0.15) is 87.8 Å². The predicted molar refractivity (Wildman–Crippen MR) is 87.8 cm³/mol. The van der Waals surface area contributed by atoms with E-state index in [-0.39, 0.29) is 17.6 Å². The first kappa shape index (κ1) is 36.6. The molecule has 0 spiro atoms. The standard InChI is InChI=1S/C17H8F22N2O2/c1-3(41-5(43)7(19)10(24,25)14(32,33)17(38,39)15(34,35)11(7,26)27)2-40-4(42)6(18)8(20,21)12(28,29)16(36,37)13(30,31)9(6,22)23/h3H,2H2,1H3,(H,40,42)(H,41,43)/t3-/m0/s1. The number of halogens is 22. The number of nitrogens with one attached hydrogen (secondary N) is 2. The highest BCUT2D eigenvalue weighted by Crippen LogP contribution is 2.71. The molecule has 26 heteroatoms. The van der Waals surface area contributed by atoms with Crippen LogP contribution in [-0.2, 0) is 9.59 Å². The number of hydrogen-bond acceptors (Lipinski definition) is 2. The summed E-state index contributed by atoms with van der Waals surface area (Å²) < 4.78 is 301. The van der Waals surface area contributed by atoms with Crippen molar-refractivity contribution >= 4 is 11.8 Å². The molecular formula is C17H8F22N2O2. The highest BCUT2D eigenvalue weighted by molar-refractivity contribution is 5.90. The third-order valence-corrected chi connectivity index (χ3v) is 6.46. The van der Waals surface area contributed by atoms with Crippen LogP contribution in [0.2, 0.25) is 0 Å². The van der Waals surface area contributed by atoms with E-state index in [0.29, 0.717) is 0 Å². The summed E-state index contributed by atoms with van der Waals surface area (Å²) in [6.07, 6.45) is 0. The minimum absolute atomic E-state index is 0.0645. The van der Waals surface area contributed by atoms with Crippen molar-refractivity contribution in [1.82, 2.24) is 10.6 Å². The molecule has 0 radical (unpaired) electrons. The highest BCUT2D eigenvalue weighted by Gasteiger charge is 3.04. The van der Waals surface area contributed by atoms with Gasteiger partial charge in [0.05, 0.1) is 0 Å². The molecule has 0 aromatic heterocycles. The summed E-state index contributed by atoms with van der Waals surface area (Å²) in [7, 11) is 0. The molecule has 2 aliphatic rings. The Hall–Kier alpha value is -2.60. The Morgan fingerprint density at radius 1 is 0.419 bits per heavy atom. The maximum Gasteiger partial charge on any atom is 0.384 e. The van der Waals surface area contributed by atoms with Crippen LogP contribution in [0.4, 0.5) is 96.6 Å². The average Bonchev–Trinajstić information content (AvgIpc) is 2.83. The third kappa shape index (κ3) is 3.45. The van der Waals surface area contributed by atoms with E-state index in [4.69, 9.17) is 0 Å². The lowest BCUT2D eigenvalue weighted by Crippen LogP contribution is -2.86. The molecule has 2 N–H and O–H groups in total. The zero-order chi connectivity index (χ0) is 34.9. The maximum atomic E-state index is 14.6. The molecule has 1 atom stereocenters. The number of rotatable bonds is 5. The summed E-state index contributed by atoms with van der Waals surface area (Å²) in [5, 5.41) is 0.449. The van der Waals surface area contributed by atoms with E-state index in [0.717, 1.165) is 0 Å². The van der Waals surface area contributed by atoms with Crippen LogP contribution in [0, 0.1) is 0 Å². The zero-order valence-electron chi connectivity index (χ0n) is 19.4. The van der Waals surface area contributed by atoms with E-state index in [1.807, 2.05) is 0 Å². The third-order valence-electron chi connectivity index (χ3n) is 6.46. The summed E-state index contributed by atoms with van der Waals surface area (Å²) in [6, 6.07) is -2.97. The predicted octanol–water partition coefficient (Wildman–Crippen LogP) is 5.40. The number of hydrogen-bond donors (Lipinski definition) is 2. The summed E-state index contributed by atoms with van der Waals surface area (Å²) in [5.74, 6) is -86.1. The molecule has 0 saturated heterocycles. The summed E-state index contributed by atoms with van der Waals surface area (Å²) in [6.45, 7) is -2.43. The van der Waals surface area contributed by atoms with E-state index >= 15 is 0 Å². The average molecular weight is 690 g/mol. The van der Waals surface area contributed by atoms with Gasteiger partial charge in [-0.05, 0) is 6.92 Å². The smallest absolute Gasteiger partial charge is 0.351 e. The summed E-state index contributed by atoms with van der Waals surface area (Å²) in [4.78, 5) is 23.4. The number of carbonyl (C=O) groups excluding carboxylic acids is 2. The molecule has 0 aromatic carbocycles. The van der Waals surface area contributed by atoms with E-state index in [1.54, 1.807) is 0 Å². The molecule has 2 aliphatic carbocycles. The second kappa shape index (κ2) is 8.77. The van der Waals surface area contributed by atoms with Crippen molar-refractivity contribution in [3.8, 4) is 0 Å². The SMILES string of the molecule is C[C@@H](CNC(=O)C1(F)C(F)(F)C(F)(F)C(F)(F)C(F)(F)C1(F)F)NC(=O)C1(F)C(F)(F)C(F)(F)C(F)(F)C(F)(F)C1(F)F. The van der Waals surface area contributed by atoms with Gasteiger partial charge in [0.15, 0.2) is 0 Å². The molecule has 0 heterocycles. The van der Waals surface area contributed by atoms with Gasteiger partial charge in [-0.3, -0.25) is 9.59 Å². The van der Waals surface area contributed by atoms with Crippen molar-refractivity contribution in [2.75, 3.05) is 6.54 Å². The van der Waals surface area contributed by atoms with Crippen molar-refractivity contribution in [2.24, 2.45) is 0 Å². The molecule has 2 rings (SSSR count). The molecule has 2 amide bonds. The summed E-state index contributed by atoms with van der Waals surface area (Å²) >= 11 is 0. The van der Waals surface area contributed by atoms with Gasteiger partial charge >= 0.3 is 70.6 Å². The zero-order valence-corrected chi connectivity index (χ0v) is 19.4. The first-order chi connectivity index (χ1) is 18.4. The molecule has 2 saturated carbocycles. The molecule has 0 aromatic rings. The van der Waals surface area contributed by atoms with Crippen LogP contribution in [0.3, 0.4) is 0 Å². The molecule has 2 fully saturated rings. The van der Waals surface area contributed by atoms with Gasteiger partial charge in [0.25, 0.3) is 11.8 Å². The van der Waals surface area contributed by atoms with Gasteiger partial charge in [-0.1, -0.05) is 0 Å². The van der Waals surface area contributed by atoms with E-state index in [1.165, 1.54) is 0 Å². The van der Waals surface area contributed by atoms with Crippen LogP contribution >= 0.6 is 0 Å². The fraction of sp³-hybridized carbons (Fsp3) is 0.882. The molecule has 0 aliphatic heterocycles. The Morgan fingerprint density at radius 2 is 0.628 bits per heavy atom. The monoisotopic (exact) mass is 690 g/mol. The topological polar surface area (TPSA) is 58.2 Å². The number of alkyl halides is 22. The normalized spacial score (nSPS) is 31.2. The van der Waals surface area contributed by atoms with Gasteiger partial charge in [0.2, 0.25) is 0 Å². The van der Waals surface area contributed by atoms with Gasteiger partial charge in [-0.15, -0.1) is 0 Å². The number of carbonyl (C=O) groups is 2. The van der Waals surface area contributed by atoms with Gasteiger partial charge in [-0.25, -0.2) is 8.78 Å². The van der Waals surface area contributed by atoms with Gasteiger partial charge in [0, 0.05) is 12.6 Å². The van der Waals surface area contributed by atoms with E-state index < -0.39 is 95.0 Å². The molecule has 0 bridgehead atoms. The van der Waals surface area contributed by atoms with Crippen LogP contribution in [0.25, 0.3) is 0 Å². The van der Waals surface area contributed by atoms with Gasteiger partial charge in [0.1, 0.15) is 0 Å². The molecule has 4 nitrogen and oxygen atoms in total. The van der Waals surface area contributed by atoms with Crippen LogP contribution in [0.5, 0.6) is 0 Å². The van der Waals surface area contributed by atoms with Crippen LogP contribution < -0.4 is 10.6 Å². The minimum atomic E-state index is -7.81. The first-order valence-electron chi connectivity index (χ1n) is 10.2. The quantitative estimate of drug-likeness (QED) is 0.380. The second-order valence-corrected chi connectivity index (χ2v) is 9.15. The Labute approximate surface area is 220 Å². The maximum absolute atomic E-state index is 14.6. The van der Waals surface area contributed by atoms with Crippen LogP contribution in [0.15, 0.2) is 0 Å². The van der Waals surface area contributed by atoms with E-state index in [2.05, 4.69) is 0 Å². The minimum Gasteiger partial charge on any atom is -0.351 e. The van der Waals surface area contributed by atoms with Crippen molar-refractivity contribution in [1.29, 1.82) is 0 Å². The second-order valence-electron chi connectivity index (χ2n) is 9.15. The fourth-order valence-electron chi connectivity index (χ4n) is 3.75. The Morgan fingerprint density at radius 3 is 0.884 bits per heavy atom. The Balaban J connectivity index is 2.45. The van der Waals surface area contributed by atoms with Gasteiger partial charge < -0.3 is 10.6 Å². The van der Waals surface area contributed by atoms with Crippen molar-refractivity contribution < 1.29 is 106 Å². The Bertz CT molecular complexity index is 1120.